The number of hydrogen-bond donors (Lipinski definition) is 2. The molecule has 3 atom stereocenters. The summed E-state index contributed by atoms with van der Waals surface area (Å²) in [7, 11) is 0. The van der Waals surface area contributed by atoms with Crippen LogP contribution in [0.25, 0.3) is 0 Å². The summed E-state index contributed by atoms with van der Waals surface area (Å²) in [5.41, 5.74) is 10.6. The van der Waals surface area contributed by atoms with Gasteiger partial charge in [-0.3, -0.25) is 9.59 Å². The van der Waals surface area contributed by atoms with Crippen LogP contribution in [0.4, 0.5) is 4.79 Å². The molecule has 0 aromatic heterocycles. The molecule has 0 aromatic rings. The van der Waals surface area contributed by atoms with Crippen LogP contribution in [-0.2, 0) is 9.59 Å². The predicted molar refractivity (Wildman–Crippen MR) is 81.5 cm³/mol. The predicted octanol–water partition coefficient (Wildman–Crippen LogP) is 0.137. The minimum atomic E-state index is -0.402. The molecule has 22 heavy (non-hydrogen) atoms. The zero-order valence-corrected chi connectivity index (χ0v) is 13.2. The molecule has 4 amide bonds. The van der Waals surface area contributed by atoms with Crippen LogP contribution in [0.2, 0.25) is 0 Å². The maximum atomic E-state index is 12.6. The molecule has 2 rings (SSSR count). The molecule has 1 unspecified atom stereocenters. The van der Waals surface area contributed by atoms with E-state index < -0.39 is 11.8 Å². The number of nitrogens with zero attached hydrogens (tertiary/aromatic N) is 2. The van der Waals surface area contributed by atoms with Gasteiger partial charge in [0.25, 0.3) is 0 Å². The fraction of sp³-hybridized carbons (Fsp3) is 0.800. The summed E-state index contributed by atoms with van der Waals surface area (Å²) in [5, 5.41) is 0. The molecule has 0 spiro atoms. The topological polar surface area (TPSA) is 110 Å². The van der Waals surface area contributed by atoms with E-state index >= 15 is 0 Å². The second-order valence-corrected chi connectivity index (χ2v) is 6.74. The maximum absolute atomic E-state index is 12.6. The van der Waals surface area contributed by atoms with Crippen LogP contribution in [0.15, 0.2) is 0 Å². The highest BCUT2D eigenvalue weighted by atomic mass is 16.2. The number of rotatable bonds is 4. The van der Waals surface area contributed by atoms with E-state index in [-0.39, 0.29) is 30.7 Å². The smallest absolute Gasteiger partial charge is 0.320 e. The van der Waals surface area contributed by atoms with E-state index in [0.29, 0.717) is 19.0 Å². The van der Waals surface area contributed by atoms with Gasteiger partial charge in [0.05, 0.1) is 0 Å². The van der Waals surface area contributed by atoms with Crippen LogP contribution < -0.4 is 11.5 Å². The van der Waals surface area contributed by atoms with E-state index in [1.165, 1.54) is 0 Å². The Hall–Kier alpha value is -1.79. The molecule has 0 bridgehead atoms. The van der Waals surface area contributed by atoms with Gasteiger partial charge in [0.15, 0.2) is 0 Å². The van der Waals surface area contributed by atoms with E-state index in [4.69, 9.17) is 11.5 Å². The number of carbonyl (C=O) groups excluding carboxylic acids is 3. The molecule has 0 radical (unpaired) electrons. The molecule has 2 saturated heterocycles. The van der Waals surface area contributed by atoms with Gasteiger partial charge in [0, 0.05) is 39.0 Å². The van der Waals surface area contributed by atoms with Crippen molar-refractivity contribution in [2.45, 2.75) is 32.6 Å². The van der Waals surface area contributed by atoms with Gasteiger partial charge in [-0.15, -0.1) is 0 Å². The lowest BCUT2D eigenvalue weighted by molar-refractivity contribution is -0.121. The Morgan fingerprint density at radius 1 is 0.955 bits per heavy atom. The molecule has 2 fully saturated rings. The zero-order chi connectivity index (χ0) is 16.3. The minimum Gasteiger partial charge on any atom is -0.370 e. The lowest BCUT2D eigenvalue weighted by Crippen LogP contribution is -2.46. The quantitative estimate of drug-likeness (QED) is 0.770. The number of hydrogen-bond acceptors (Lipinski definition) is 3. The Labute approximate surface area is 131 Å². The molecule has 4 N–H and O–H groups in total. The SMILES string of the molecule is CC1CCCN(C(=O)N2C[C@@H](CC(N)=O)[C@H](CC(N)=O)C2)C1. The number of nitrogens with two attached hydrogens (primary N) is 2. The van der Waals surface area contributed by atoms with Gasteiger partial charge in [-0.25, -0.2) is 4.79 Å². The van der Waals surface area contributed by atoms with E-state index in [2.05, 4.69) is 6.92 Å². The van der Waals surface area contributed by atoms with E-state index in [0.717, 1.165) is 25.9 Å². The average Bonchev–Trinajstić information content (AvgIpc) is 2.79. The molecular weight excluding hydrogens is 284 g/mol. The van der Waals surface area contributed by atoms with Crippen molar-refractivity contribution < 1.29 is 14.4 Å². The molecule has 2 aliphatic heterocycles. The Bertz CT molecular complexity index is 430. The molecular formula is C15H26N4O3. The summed E-state index contributed by atoms with van der Waals surface area (Å²) in [6, 6.07) is 0.00740. The Balaban J connectivity index is 2.00. The van der Waals surface area contributed by atoms with Crippen LogP contribution in [0, 0.1) is 17.8 Å². The van der Waals surface area contributed by atoms with Crippen LogP contribution in [0.1, 0.15) is 32.6 Å². The normalized spacial score (nSPS) is 28.7. The fourth-order valence-corrected chi connectivity index (χ4v) is 3.64. The molecule has 0 saturated carbocycles. The maximum Gasteiger partial charge on any atom is 0.320 e. The Kier molecular flexibility index (Phi) is 5.26. The van der Waals surface area contributed by atoms with Crippen LogP contribution >= 0.6 is 0 Å². The van der Waals surface area contributed by atoms with Crippen molar-refractivity contribution in [1.29, 1.82) is 0 Å². The van der Waals surface area contributed by atoms with Crippen molar-refractivity contribution in [3.05, 3.63) is 0 Å². The Morgan fingerprint density at radius 2 is 1.50 bits per heavy atom. The summed E-state index contributed by atoms with van der Waals surface area (Å²) in [6.45, 7) is 4.65. The van der Waals surface area contributed by atoms with Gasteiger partial charge in [0.1, 0.15) is 0 Å². The second kappa shape index (κ2) is 6.98. The average molecular weight is 310 g/mol. The van der Waals surface area contributed by atoms with Crippen molar-refractivity contribution in [1.82, 2.24) is 9.80 Å². The largest absolute Gasteiger partial charge is 0.370 e. The zero-order valence-electron chi connectivity index (χ0n) is 13.2. The van der Waals surface area contributed by atoms with Gasteiger partial charge in [-0.2, -0.15) is 0 Å². The summed E-state index contributed by atoms with van der Waals surface area (Å²) < 4.78 is 0. The fourth-order valence-electron chi connectivity index (χ4n) is 3.64. The summed E-state index contributed by atoms with van der Waals surface area (Å²) >= 11 is 0. The van der Waals surface area contributed by atoms with Crippen molar-refractivity contribution in [3.8, 4) is 0 Å². The van der Waals surface area contributed by atoms with Gasteiger partial charge in [-0.05, 0) is 30.6 Å². The third kappa shape index (κ3) is 4.11. The number of piperidine rings is 1. The second-order valence-electron chi connectivity index (χ2n) is 6.74. The number of amides is 4. The first-order valence-corrected chi connectivity index (χ1v) is 7.97. The monoisotopic (exact) mass is 310 g/mol. The van der Waals surface area contributed by atoms with Crippen molar-refractivity contribution >= 4 is 17.8 Å². The summed E-state index contributed by atoms with van der Waals surface area (Å²) in [6.07, 6.45) is 2.56. The van der Waals surface area contributed by atoms with Crippen molar-refractivity contribution in [2.24, 2.45) is 29.2 Å². The number of likely N-dealkylation sites (tertiary alicyclic amines) is 2. The standard InChI is InChI=1S/C15H26N4O3/c1-10-3-2-4-18(7-10)15(22)19-8-11(5-13(16)20)12(9-19)6-14(17)21/h10-12H,2-9H2,1H3,(H2,16,20)(H2,17,21)/t10?,11-,12-/m1/s1. The third-order valence-electron chi connectivity index (χ3n) is 4.70. The molecule has 0 aliphatic carbocycles. The van der Waals surface area contributed by atoms with Gasteiger partial charge in [0.2, 0.25) is 11.8 Å². The van der Waals surface area contributed by atoms with Crippen LogP contribution in [-0.4, -0.2) is 53.8 Å². The van der Waals surface area contributed by atoms with E-state index in [9.17, 15) is 14.4 Å². The molecule has 7 heteroatoms. The number of urea groups is 1. The first kappa shape index (κ1) is 16.6. The molecule has 2 aliphatic rings. The van der Waals surface area contributed by atoms with Gasteiger partial charge in [-0.1, -0.05) is 6.92 Å². The molecule has 2 heterocycles. The molecule has 7 nitrogen and oxygen atoms in total. The van der Waals surface area contributed by atoms with Gasteiger partial charge < -0.3 is 21.3 Å². The number of primary amides is 2. The van der Waals surface area contributed by atoms with Gasteiger partial charge >= 0.3 is 6.03 Å². The highest BCUT2D eigenvalue weighted by Crippen LogP contribution is 2.30. The molecule has 0 aromatic carbocycles. The summed E-state index contributed by atoms with van der Waals surface area (Å²) in [5.74, 6) is -0.434. The summed E-state index contributed by atoms with van der Waals surface area (Å²) in [4.78, 5) is 38.7. The molecule has 124 valence electrons. The van der Waals surface area contributed by atoms with Crippen molar-refractivity contribution in [2.75, 3.05) is 26.2 Å². The highest BCUT2D eigenvalue weighted by Gasteiger charge is 2.38. The van der Waals surface area contributed by atoms with Crippen molar-refractivity contribution in [3.63, 3.8) is 0 Å². The van der Waals surface area contributed by atoms with E-state index in [1.807, 2.05) is 4.90 Å². The lowest BCUT2D eigenvalue weighted by atomic mass is 9.90. The van der Waals surface area contributed by atoms with Crippen LogP contribution in [0.5, 0.6) is 0 Å². The van der Waals surface area contributed by atoms with E-state index in [1.54, 1.807) is 4.90 Å². The lowest BCUT2D eigenvalue weighted by Gasteiger charge is -2.34. The Morgan fingerprint density at radius 3 is 1.95 bits per heavy atom. The van der Waals surface area contributed by atoms with Crippen LogP contribution in [0.3, 0.4) is 0 Å². The minimum absolute atomic E-state index is 0.00740. The first-order chi connectivity index (χ1) is 10.4. The highest BCUT2D eigenvalue weighted by molar-refractivity contribution is 5.78. The first-order valence-electron chi connectivity index (χ1n) is 7.97. The third-order valence-corrected chi connectivity index (χ3v) is 4.70. The number of carbonyl (C=O) groups is 3.